The summed E-state index contributed by atoms with van der Waals surface area (Å²) in [5.74, 6) is -4.05. The van der Waals surface area contributed by atoms with Crippen LogP contribution in [-0.4, -0.2) is 71.6 Å². The lowest BCUT2D eigenvalue weighted by Crippen LogP contribution is -2.46. The standard InChI is InChI=1S/C39H43F3N4O6S2/c1-38(2,3)18-21-46(54(50,51)28-17-20-45-22-19-43-34(45)23-28)30(25-47)33-16-15-32(53-33)29(39(40,41)42)24-31(48)36(44-37(49)52-4)35(26-11-7-5-8-12-26)27-13-9-6-10-14-27/h5-17,19-20,22-23,29-30,35-36,47H,18,21,24-25H2,1-4H3,(H,44,49)/t29-,30-,36-/m1/s1. The summed E-state index contributed by atoms with van der Waals surface area (Å²) < 4.78 is 81.0. The summed E-state index contributed by atoms with van der Waals surface area (Å²) in [7, 11) is -3.20. The molecule has 5 aromatic rings. The number of aliphatic hydroxyl groups is 1. The fraction of sp³-hybridized carbons (Fsp3) is 0.359. The second-order valence-corrected chi connectivity index (χ2v) is 17.1. The van der Waals surface area contributed by atoms with E-state index in [1.807, 2.05) is 20.8 Å². The average molecular weight is 785 g/mol. The van der Waals surface area contributed by atoms with Gasteiger partial charge in [0, 0.05) is 53.3 Å². The molecule has 0 aliphatic carbocycles. The van der Waals surface area contributed by atoms with Crippen molar-refractivity contribution < 1.29 is 41.0 Å². The Morgan fingerprint density at radius 3 is 2.11 bits per heavy atom. The molecule has 0 spiro atoms. The van der Waals surface area contributed by atoms with E-state index in [0.29, 0.717) is 34.5 Å². The van der Waals surface area contributed by atoms with E-state index in [-0.39, 0.29) is 26.6 Å². The molecule has 3 atom stereocenters. The highest BCUT2D eigenvalue weighted by Crippen LogP contribution is 2.44. The second kappa shape index (κ2) is 16.8. The monoisotopic (exact) mass is 784 g/mol. The number of pyridine rings is 1. The number of carbonyl (C=O) groups is 2. The van der Waals surface area contributed by atoms with Crippen molar-refractivity contribution in [2.24, 2.45) is 5.41 Å². The van der Waals surface area contributed by atoms with Gasteiger partial charge in [0.25, 0.3) is 0 Å². The molecule has 0 fully saturated rings. The third-order valence-corrected chi connectivity index (χ3v) is 12.4. The number of ketones is 1. The maximum Gasteiger partial charge on any atom is 0.407 e. The number of imidazole rings is 1. The normalized spacial score (nSPS) is 14.3. The summed E-state index contributed by atoms with van der Waals surface area (Å²) >= 11 is 0.684. The van der Waals surface area contributed by atoms with Crippen LogP contribution in [0.3, 0.4) is 0 Å². The predicted octanol–water partition coefficient (Wildman–Crippen LogP) is 7.72. The lowest BCUT2D eigenvalue weighted by atomic mass is 9.81. The van der Waals surface area contributed by atoms with Gasteiger partial charge in [0.05, 0.1) is 30.6 Å². The minimum absolute atomic E-state index is 0.0354. The third-order valence-electron chi connectivity index (χ3n) is 9.15. The van der Waals surface area contributed by atoms with E-state index < -0.39 is 65.0 Å². The number of alkyl carbamates (subject to hydrolysis) is 1. The Morgan fingerprint density at radius 2 is 1.56 bits per heavy atom. The van der Waals surface area contributed by atoms with Crippen molar-refractivity contribution >= 4 is 38.9 Å². The van der Waals surface area contributed by atoms with Crippen LogP contribution in [0.2, 0.25) is 0 Å². The maximum atomic E-state index is 15.0. The van der Waals surface area contributed by atoms with Crippen LogP contribution < -0.4 is 5.32 Å². The van der Waals surface area contributed by atoms with E-state index in [1.165, 1.54) is 30.5 Å². The largest absolute Gasteiger partial charge is 0.453 e. The van der Waals surface area contributed by atoms with Crippen molar-refractivity contribution in [1.82, 2.24) is 19.0 Å². The molecule has 0 saturated carbocycles. The average Bonchev–Trinajstić information content (AvgIpc) is 3.81. The molecule has 2 aromatic carbocycles. The summed E-state index contributed by atoms with van der Waals surface area (Å²) in [5, 5.41) is 13.2. The van der Waals surface area contributed by atoms with Crippen LogP contribution in [0, 0.1) is 5.41 Å². The van der Waals surface area contributed by atoms with Gasteiger partial charge in [0.2, 0.25) is 10.0 Å². The van der Waals surface area contributed by atoms with E-state index in [9.17, 15) is 36.3 Å². The molecule has 288 valence electrons. The molecule has 3 heterocycles. The zero-order chi connectivity index (χ0) is 39.3. The number of aliphatic hydroxyl groups excluding tert-OH is 1. The lowest BCUT2D eigenvalue weighted by Gasteiger charge is -2.31. The number of hydrogen-bond acceptors (Lipinski definition) is 8. The van der Waals surface area contributed by atoms with Gasteiger partial charge in [-0.3, -0.25) is 4.79 Å². The molecule has 3 aromatic heterocycles. The number of aromatic nitrogens is 2. The fourth-order valence-corrected chi connectivity index (χ4v) is 9.19. The number of carbonyl (C=O) groups excluding carboxylic acids is 2. The van der Waals surface area contributed by atoms with E-state index in [1.54, 1.807) is 77.5 Å². The number of amides is 1. The Balaban J connectivity index is 1.52. The first-order chi connectivity index (χ1) is 25.5. The minimum Gasteiger partial charge on any atom is -0.453 e. The molecule has 54 heavy (non-hydrogen) atoms. The van der Waals surface area contributed by atoms with Gasteiger partial charge in [0.15, 0.2) is 5.78 Å². The zero-order valence-electron chi connectivity index (χ0n) is 30.2. The Bertz CT molecular complexity index is 2090. The van der Waals surface area contributed by atoms with Crippen molar-refractivity contribution in [2.45, 2.75) is 68.6 Å². The Kier molecular flexibility index (Phi) is 12.7. The van der Waals surface area contributed by atoms with Crippen LogP contribution in [0.15, 0.2) is 108 Å². The number of fused-ring (bicyclic) bond motifs is 1. The predicted molar refractivity (Wildman–Crippen MR) is 200 cm³/mol. The van der Waals surface area contributed by atoms with Gasteiger partial charge >= 0.3 is 12.3 Å². The number of halogens is 3. The van der Waals surface area contributed by atoms with Gasteiger partial charge in [-0.1, -0.05) is 81.4 Å². The van der Waals surface area contributed by atoms with Crippen LogP contribution in [-0.2, 0) is 19.6 Å². The molecule has 5 rings (SSSR count). The van der Waals surface area contributed by atoms with Crippen LogP contribution in [0.25, 0.3) is 5.65 Å². The van der Waals surface area contributed by atoms with Crippen molar-refractivity contribution in [2.75, 3.05) is 20.3 Å². The first-order valence-electron chi connectivity index (χ1n) is 17.2. The molecular weight excluding hydrogens is 742 g/mol. The third kappa shape index (κ3) is 9.56. The van der Waals surface area contributed by atoms with Gasteiger partial charge in [-0.15, -0.1) is 11.3 Å². The van der Waals surface area contributed by atoms with Crippen molar-refractivity contribution in [1.29, 1.82) is 0 Å². The number of nitrogens with one attached hydrogen (secondary N) is 1. The first-order valence-corrected chi connectivity index (χ1v) is 19.5. The number of rotatable bonds is 15. The smallest absolute Gasteiger partial charge is 0.407 e. The maximum absolute atomic E-state index is 15.0. The van der Waals surface area contributed by atoms with Crippen LogP contribution >= 0.6 is 11.3 Å². The van der Waals surface area contributed by atoms with Crippen LogP contribution in [0.4, 0.5) is 18.0 Å². The highest BCUT2D eigenvalue weighted by atomic mass is 32.2. The Labute approximate surface area is 316 Å². The number of benzene rings is 2. The van der Waals surface area contributed by atoms with Crippen LogP contribution in [0.5, 0.6) is 0 Å². The van der Waals surface area contributed by atoms with Crippen molar-refractivity contribution in [3.8, 4) is 0 Å². The van der Waals surface area contributed by atoms with Crippen molar-refractivity contribution in [3.63, 3.8) is 0 Å². The van der Waals surface area contributed by atoms with E-state index in [0.717, 1.165) is 11.4 Å². The Morgan fingerprint density at radius 1 is 0.944 bits per heavy atom. The summed E-state index contributed by atoms with van der Waals surface area (Å²) in [6, 6.07) is 20.1. The van der Waals surface area contributed by atoms with E-state index >= 15 is 0 Å². The molecule has 0 saturated heterocycles. The second-order valence-electron chi connectivity index (χ2n) is 14.1. The number of nitrogens with zero attached hydrogens (tertiary/aromatic N) is 3. The number of ether oxygens (including phenoxy) is 1. The molecular formula is C39H43F3N4O6S2. The lowest BCUT2D eigenvalue weighted by molar-refractivity contribution is -0.156. The van der Waals surface area contributed by atoms with Gasteiger partial charge in [-0.2, -0.15) is 17.5 Å². The summed E-state index contributed by atoms with van der Waals surface area (Å²) in [5.41, 5.74) is 1.24. The topological polar surface area (TPSA) is 130 Å². The van der Waals surface area contributed by atoms with Gasteiger partial charge in [-0.25, -0.2) is 18.2 Å². The SMILES string of the molecule is COC(=O)N[C@H](C(=O)C[C@H](c1ccc([C@@H](CO)N(CCC(C)(C)C)S(=O)(=O)c2ccn3ccnc3c2)s1)C(F)(F)F)C(c1ccccc1)c1ccccc1. The van der Waals surface area contributed by atoms with Gasteiger partial charge < -0.3 is 19.6 Å². The molecule has 0 radical (unpaired) electrons. The number of Topliss-reactive ketones (excluding diaryl/α,β-unsaturated/α-hetero) is 1. The van der Waals surface area contributed by atoms with Crippen LogP contribution in [0.1, 0.15) is 72.4 Å². The van der Waals surface area contributed by atoms with Gasteiger partial charge in [-0.05, 0) is 41.2 Å². The van der Waals surface area contributed by atoms with Crippen molar-refractivity contribution in [3.05, 3.63) is 124 Å². The molecule has 10 nitrogen and oxygen atoms in total. The molecule has 0 aliphatic rings. The molecule has 0 aliphatic heterocycles. The highest BCUT2D eigenvalue weighted by molar-refractivity contribution is 7.89. The summed E-state index contributed by atoms with van der Waals surface area (Å²) in [6.07, 6.45) is -1.82. The number of sulfonamides is 1. The molecule has 0 unspecified atom stereocenters. The molecule has 0 bridgehead atoms. The number of thiophene rings is 1. The van der Waals surface area contributed by atoms with E-state index in [2.05, 4.69) is 10.3 Å². The zero-order valence-corrected chi connectivity index (χ0v) is 31.9. The van der Waals surface area contributed by atoms with Gasteiger partial charge in [0.1, 0.15) is 11.7 Å². The fourth-order valence-electron chi connectivity index (χ4n) is 6.27. The van der Waals surface area contributed by atoms with E-state index in [4.69, 9.17) is 4.74 Å². The molecule has 15 heteroatoms. The molecule has 1 amide bonds. The first kappa shape index (κ1) is 40.6. The summed E-state index contributed by atoms with van der Waals surface area (Å²) in [4.78, 5) is 30.8. The number of alkyl halides is 3. The number of methoxy groups -OCH3 is 1. The highest BCUT2D eigenvalue weighted by Gasteiger charge is 2.46. The quantitative estimate of drug-likeness (QED) is 0.111. The number of hydrogen-bond donors (Lipinski definition) is 2. The Hall–Kier alpha value is -4.57. The molecule has 2 N–H and O–H groups in total. The minimum atomic E-state index is -4.91. The summed E-state index contributed by atoms with van der Waals surface area (Å²) in [6.45, 7) is 5.04.